The van der Waals surface area contributed by atoms with E-state index in [9.17, 15) is 14.7 Å². The van der Waals surface area contributed by atoms with Crippen molar-refractivity contribution in [3.63, 3.8) is 0 Å². The lowest BCUT2D eigenvalue weighted by Gasteiger charge is -2.38. The van der Waals surface area contributed by atoms with E-state index in [4.69, 9.17) is 5.73 Å². The summed E-state index contributed by atoms with van der Waals surface area (Å²) in [6.45, 7) is 2.90. The van der Waals surface area contributed by atoms with Crippen LogP contribution in [0, 0.1) is 5.41 Å². The van der Waals surface area contributed by atoms with Gasteiger partial charge in [-0.2, -0.15) is 0 Å². The van der Waals surface area contributed by atoms with E-state index in [1.54, 1.807) is 17.0 Å². The zero-order valence-electron chi connectivity index (χ0n) is 12.2. The molecule has 0 aromatic carbocycles. The molecule has 0 aliphatic carbocycles. The van der Waals surface area contributed by atoms with Crippen LogP contribution in [0.15, 0.2) is 18.3 Å². The van der Waals surface area contributed by atoms with E-state index in [1.165, 1.54) is 6.20 Å². The highest BCUT2D eigenvalue weighted by Gasteiger charge is 2.41. The Balaban J connectivity index is 2.04. The van der Waals surface area contributed by atoms with Crippen molar-refractivity contribution in [1.29, 1.82) is 0 Å². The van der Waals surface area contributed by atoms with Crippen molar-refractivity contribution in [2.45, 2.75) is 32.6 Å². The number of amides is 1. The summed E-state index contributed by atoms with van der Waals surface area (Å²) in [5.74, 6) is -0.910. The summed E-state index contributed by atoms with van der Waals surface area (Å²) in [5.41, 5.74) is 5.74. The molecule has 2 heterocycles. The van der Waals surface area contributed by atoms with Gasteiger partial charge >= 0.3 is 5.97 Å². The molecule has 0 atom stereocenters. The van der Waals surface area contributed by atoms with Gasteiger partial charge in [-0.25, -0.2) is 4.98 Å². The van der Waals surface area contributed by atoms with Gasteiger partial charge in [0.25, 0.3) is 5.91 Å². The summed E-state index contributed by atoms with van der Waals surface area (Å²) in [6.07, 6.45) is 3.94. The van der Waals surface area contributed by atoms with Crippen LogP contribution >= 0.6 is 0 Å². The number of carboxylic acid groups (broad SMARTS) is 1. The molecule has 0 spiro atoms. The number of hydrogen-bond donors (Lipinski definition) is 2. The molecule has 2 rings (SSSR count). The minimum Gasteiger partial charge on any atom is -0.481 e. The van der Waals surface area contributed by atoms with Crippen LogP contribution in [0.3, 0.4) is 0 Å². The molecule has 0 unspecified atom stereocenters. The van der Waals surface area contributed by atoms with Crippen LogP contribution in [0.25, 0.3) is 0 Å². The predicted octanol–water partition coefficient (Wildman–Crippen LogP) is 1.77. The molecule has 1 aromatic heterocycles. The Morgan fingerprint density at radius 2 is 2.05 bits per heavy atom. The normalized spacial score (nSPS) is 17.5. The minimum absolute atomic E-state index is 0.162. The van der Waals surface area contributed by atoms with Crippen LogP contribution in [-0.2, 0) is 4.79 Å². The third-order valence-electron chi connectivity index (χ3n) is 4.20. The number of nitrogens with two attached hydrogens (primary N) is 1. The molecule has 0 radical (unpaired) electrons. The summed E-state index contributed by atoms with van der Waals surface area (Å²) in [7, 11) is 0. The second kappa shape index (κ2) is 6.11. The van der Waals surface area contributed by atoms with Crippen molar-refractivity contribution < 1.29 is 14.7 Å². The number of likely N-dealkylation sites (tertiary alicyclic amines) is 1. The first-order valence-corrected chi connectivity index (χ1v) is 7.23. The first-order chi connectivity index (χ1) is 9.98. The van der Waals surface area contributed by atoms with E-state index in [0.717, 1.165) is 6.42 Å². The summed E-state index contributed by atoms with van der Waals surface area (Å²) in [5, 5.41) is 9.46. The number of carboxylic acids is 1. The fourth-order valence-electron chi connectivity index (χ4n) is 2.88. The molecule has 0 bridgehead atoms. The van der Waals surface area contributed by atoms with E-state index >= 15 is 0 Å². The molecule has 6 nitrogen and oxygen atoms in total. The summed E-state index contributed by atoms with van der Waals surface area (Å²) < 4.78 is 0. The van der Waals surface area contributed by atoms with Crippen LogP contribution in [-0.4, -0.2) is 40.0 Å². The van der Waals surface area contributed by atoms with Gasteiger partial charge in [0, 0.05) is 13.1 Å². The number of anilines is 1. The first-order valence-electron chi connectivity index (χ1n) is 7.23. The van der Waals surface area contributed by atoms with Gasteiger partial charge < -0.3 is 15.7 Å². The number of aliphatic carboxylic acids is 1. The van der Waals surface area contributed by atoms with Gasteiger partial charge in [0.2, 0.25) is 0 Å². The van der Waals surface area contributed by atoms with Gasteiger partial charge in [0.1, 0.15) is 5.69 Å². The first kappa shape index (κ1) is 15.3. The summed E-state index contributed by atoms with van der Waals surface area (Å²) in [4.78, 5) is 29.6. The second-order valence-corrected chi connectivity index (χ2v) is 5.60. The van der Waals surface area contributed by atoms with Gasteiger partial charge in [0.05, 0.1) is 17.3 Å². The van der Waals surface area contributed by atoms with Crippen LogP contribution < -0.4 is 5.73 Å². The fraction of sp³-hybridized carbons (Fsp3) is 0.533. The fourth-order valence-corrected chi connectivity index (χ4v) is 2.88. The lowest BCUT2D eigenvalue weighted by molar-refractivity contribution is -0.152. The Morgan fingerprint density at radius 1 is 1.38 bits per heavy atom. The Morgan fingerprint density at radius 3 is 2.52 bits per heavy atom. The van der Waals surface area contributed by atoms with Gasteiger partial charge in [-0.3, -0.25) is 9.59 Å². The number of carbonyl (C=O) groups excluding carboxylic acids is 1. The molecular weight excluding hydrogens is 270 g/mol. The molecule has 0 saturated carbocycles. The van der Waals surface area contributed by atoms with Gasteiger partial charge in [-0.1, -0.05) is 13.3 Å². The molecule has 1 aliphatic rings. The number of rotatable bonds is 4. The molecule has 3 N–H and O–H groups in total. The van der Waals surface area contributed by atoms with Crippen LogP contribution in [0.5, 0.6) is 0 Å². The number of carbonyl (C=O) groups is 2. The molecule has 21 heavy (non-hydrogen) atoms. The van der Waals surface area contributed by atoms with Gasteiger partial charge in [0.15, 0.2) is 0 Å². The SMILES string of the molecule is CCCC1(C(=O)O)CCN(C(=O)c2ccc(N)cn2)CC1. The van der Waals surface area contributed by atoms with Crippen molar-refractivity contribution in [2.75, 3.05) is 18.8 Å². The number of nitrogen functional groups attached to an aromatic ring is 1. The predicted molar refractivity (Wildman–Crippen MR) is 78.8 cm³/mol. The molecule has 1 aliphatic heterocycles. The number of pyridine rings is 1. The van der Waals surface area contributed by atoms with Crippen molar-refractivity contribution in [3.8, 4) is 0 Å². The maximum absolute atomic E-state index is 12.3. The zero-order chi connectivity index (χ0) is 15.5. The quantitative estimate of drug-likeness (QED) is 0.881. The summed E-state index contributed by atoms with van der Waals surface area (Å²) in [6, 6.07) is 3.24. The van der Waals surface area contributed by atoms with E-state index in [-0.39, 0.29) is 5.91 Å². The van der Waals surface area contributed by atoms with Gasteiger partial charge in [-0.05, 0) is 31.4 Å². The monoisotopic (exact) mass is 291 g/mol. The van der Waals surface area contributed by atoms with Crippen LogP contribution in [0.4, 0.5) is 5.69 Å². The topological polar surface area (TPSA) is 96.5 Å². The average Bonchev–Trinajstić information content (AvgIpc) is 2.48. The van der Waals surface area contributed by atoms with E-state index in [1.807, 2.05) is 6.92 Å². The Hall–Kier alpha value is -2.11. The van der Waals surface area contributed by atoms with E-state index in [2.05, 4.69) is 4.98 Å². The molecule has 1 amide bonds. The average molecular weight is 291 g/mol. The number of aromatic nitrogens is 1. The lowest BCUT2D eigenvalue weighted by Crippen LogP contribution is -2.46. The minimum atomic E-state index is -0.748. The highest BCUT2D eigenvalue weighted by Crippen LogP contribution is 2.36. The molecule has 1 aromatic rings. The molecule has 6 heteroatoms. The van der Waals surface area contributed by atoms with Crippen LogP contribution in [0.2, 0.25) is 0 Å². The number of piperidine rings is 1. The largest absolute Gasteiger partial charge is 0.481 e. The lowest BCUT2D eigenvalue weighted by atomic mass is 9.75. The molecular formula is C15H21N3O3. The zero-order valence-corrected chi connectivity index (χ0v) is 12.2. The number of hydrogen-bond acceptors (Lipinski definition) is 4. The third-order valence-corrected chi connectivity index (χ3v) is 4.20. The standard InChI is InChI=1S/C15H21N3O3/c1-2-5-15(14(20)21)6-8-18(9-7-15)13(19)12-4-3-11(16)10-17-12/h3-4,10H,2,5-9,16H2,1H3,(H,20,21). The van der Waals surface area contributed by atoms with Crippen LogP contribution in [0.1, 0.15) is 43.1 Å². The van der Waals surface area contributed by atoms with Gasteiger partial charge in [-0.15, -0.1) is 0 Å². The van der Waals surface area contributed by atoms with Crippen molar-refractivity contribution in [2.24, 2.45) is 5.41 Å². The molecule has 1 saturated heterocycles. The molecule has 1 fully saturated rings. The van der Waals surface area contributed by atoms with Crippen molar-refractivity contribution >= 4 is 17.6 Å². The van der Waals surface area contributed by atoms with Crippen molar-refractivity contribution in [1.82, 2.24) is 9.88 Å². The summed E-state index contributed by atoms with van der Waals surface area (Å²) >= 11 is 0. The Labute approximate surface area is 124 Å². The van der Waals surface area contributed by atoms with E-state index < -0.39 is 11.4 Å². The third kappa shape index (κ3) is 3.15. The molecule has 114 valence electrons. The van der Waals surface area contributed by atoms with E-state index in [0.29, 0.717) is 43.7 Å². The maximum atomic E-state index is 12.3. The Bertz CT molecular complexity index is 519. The Kier molecular flexibility index (Phi) is 4.45. The highest BCUT2D eigenvalue weighted by molar-refractivity contribution is 5.92. The highest BCUT2D eigenvalue weighted by atomic mass is 16.4. The van der Waals surface area contributed by atoms with Crippen molar-refractivity contribution in [3.05, 3.63) is 24.0 Å². The second-order valence-electron chi connectivity index (χ2n) is 5.60. The maximum Gasteiger partial charge on any atom is 0.309 e. The number of nitrogens with zero attached hydrogens (tertiary/aromatic N) is 2. The smallest absolute Gasteiger partial charge is 0.309 e.